The number of benzene rings is 1. The van der Waals surface area contributed by atoms with Gasteiger partial charge < -0.3 is 5.11 Å². The topological polar surface area (TPSA) is 59.3 Å². The number of halogens is 1. The van der Waals surface area contributed by atoms with Gasteiger partial charge in [0, 0.05) is 0 Å². The van der Waals surface area contributed by atoms with E-state index in [1.165, 1.54) is 18.2 Å². The molecule has 4 nitrogen and oxygen atoms in total. The molecule has 0 unspecified atom stereocenters. The molecule has 0 radical (unpaired) electrons. The molecule has 15 heavy (non-hydrogen) atoms. The van der Waals surface area contributed by atoms with Gasteiger partial charge in [-0.3, -0.25) is 13.5 Å². The van der Waals surface area contributed by atoms with Crippen molar-refractivity contribution in [2.45, 2.75) is 6.54 Å². The maximum absolute atomic E-state index is 13.4. The number of rotatable bonds is 2. The maximum Gasteiger partial charge on any atom is 0.324 e. The fraction of sp³-hybridized carbons (Fsp3) is 0.111. The number of hydrogen-bond acceptors (Lipinski definition) is 3. The number of carboxylic acids is 1. The van der Waals surface area contributed by atoms with Crippen molar-refractivity contribution in [1.29, 1.82) is 0 Å². The third-order valence-corrected chi connectivity index (χ3v) is 2.85. The zero-order chi connectivity index (χ0) is 11.0. The van der Waals surface area contributed by atoms with E-state index in [9.17, 15) is 14.0 Å². The third kappa shape index (κ3) is 1.63. The first kappa shape index (κ1) is 9.85. The Labute approximate surface area is 87.3 Å². The molecule has 1 aromatic carbocycles. The number of para-hydroxylation sites is 1. The average molecular weight is 227 g/mol. The molecule has 0 atom stereocenters. The highest BCUT2D eigenvalue weighted by atomic mass is 32.1. The van der Waals surface area contributed by atoms with E-state index in [0.717, 1.165) is 3.96 Å². The largest absolute Gasteiger partial charge is 0.480 e. The van der Waals surface area contributed by atoms with Crippen molar-refractivity contribution in [2.24, 2.45) is 0 Å². The average Bonchev–Trinajstić information content (AvgIpc) is 2.44. The van der Waals surface area contributed by atoms with Gasteiger partial charge in [-0.25, -0.2) is 4.39 Å². The van der Waals surface area contributed by atoms with E-state index in [2.05, 4.69) is 0 Å². The van der Waals surface area contributed by atoms with Gasteiger partial charge in [0.1, 0.15) is 12.4 Å². The van der Waals surface area contributed by atoms with Gasteiger partial charge in [0.2, 0.25) is 0 Å². The standard InChI is InChI=1S/C9H6FNO3S/c10-6-3-1-2-5-8(6)11(4-7(12)13)15-9(5)14/h1-3H,4H2,(H,12,13). The Morgan fingerprint density at radius 1 is 1.53 bits per heavy atom. The molecule has 78 valence electrons. The molecule has 0 saturated heterocycles. The number of hydrogen-bond donors (Lipinski definition) is 1. The molecule has 2 aromatic rings. The predicted octanol–water partition coefficient (Wildman–Crippen LogP) is 1.29. The van der Waals surface area contributed by atoms with Crippen molar-refractivity contribution in [3.63, 3.8) is 0 Å². The van der Waals surface area contributed by atoms with Gasteiger partial charge >= 0.3 is 5.97 Å². The molecule has 1 heterocycles. The van der Waals surface area contributed by atoms with Gasteiger partial charge in [0.05, 0.1) is 10.9 Å². The molecule has 0 aliphatic carbocycles. The third-order valence-electron chi connectivity index (χ3n) is 1.93. The fourth-order valence-electron chi connectivity index (χ4n) is 1.36. The van der Waals surface area contributed by atoms with Gasteiger partial charge in [-0.15, -0.1) is 0 Å². The summed E-state index contributed by atoms with van der Waals surface area (Å²) in [5.74, 6) is -1.68. The highest BCUT2D eigenvalue weighted by Gasteiger charge is 2.13. The van der Waals surface area contributed by atoms with Crippen LogP contribution in [0.15, 0.2) is 23.0 Å². The van der Waals surface area contributed by atoms with E-state index >= 15 is 0 Å². The van der Waals surface area contributed by atoms with Crippen LogP contribution in [-0.2, 0) is 11.3 Å². The number of carbonyl (C=O) groups is 1. The Hall–Kier alpha value is -1.69. The normalized spacial score (nSPS) is 10.7. The van der Waals surface area contributed by atoms with Crippen LogP contribution in [0.3, 0.4) is 0 Å². The smallest absolute Gasteiger partial charge is 0.324 e. The molecule has 0 bridgehead atoms. The van der Waals surface area contributed by atoms with Crippen molar-refractivity contribution in [3.8, 4) is 0 Å². The van der Waals surface area contributed by atoms with E-state index in [-0.39, 0.29) is 15.6 Å². The minimum atomic E-state index is -1.11. The van der Waals surface area contributed by atoms with Crippen LogP contribution < -0.4 is 4.74 Å². The van der Waals surface area contributed by atoms with Crippen LogP contribution in [0.5, 0.6) is 0 Å². The van der Waals surface area contributed by atoms with E-state index < -0.39 is 18.3 Å². The van der Waals surface area contributed by atoms with Crippen LogP contribution in [0.1, 0.15) is 0 Å². The highest BCUT2D eigenvalue weighted by Crippen LogP contribution is 2.17. The van der Waals surface area contributed by atoms with Crippen molar-refractivity contribution < 1.29 is 14.3 Å². The maximum atomic E-state index is 13.4. The summed E-state index contributed by atoms with van der Waals surface area (Å²) in [5.41, 5.74) is 0.0647. The van der Waals surface area contributed by atoms with Crippen LogP contribution in [0.2, 0.25) is 0 Å². The lowest BCUT2D eigenvalue weighted by atomic mass is 10.2. The lowest BCUT2D eigenvalue weighted by Crippen LogP contribution is -2.06. The first-order valence-corrected chi connectivity index (χ1v) is 4.87. The minimum absolute atomic E-state index is 0.0647. The summed E-state index contributed by atoms with van der Waals surface area (Å²) in [6.07, 6.45) is 0. The minimum Gasteiger partial charge on any atom is -0.480 e. The number of aromatic nitrogens is 1. The molecule has 0 saturated carbocycles. The Morgan fingerprint density at radius 2 is 2.27 bits per heavy atom. The van der Waals surface area contributed by atoms with Crippen LogP contribution in [-0.4, -0.2) is 15.0 Å². The number of carboxylic acid groups (broad SMARTS) is 1. The summed E-state index contributed by atoms with van der Waals surface area (Å²) in [6.45, 7) is -0.398. The Morgan fingerprint density at radius 3 is 2.93 bits per heavy atom. The Kier molecular flexibility index (Phi) is 2.28. The molecule has 2 rings (SSSR count). The molecule has 0 amide bonds. The van der Waals surface area contributed by atoms with E-state index in [1.807, 2.05) is 0 Å². The van der Waals surface area contributed by atoms with Gasteiger partial charge in [-0.1, -0.05) is 6.07 Å². The highest BCUT2D eigenvalue weighted by molar-refractivity contribution is 7.05. The van der Waals surface area contributed by atoms with Gasteiger partial charge in [0.25, 0.3) is 4.74 Å². The molecule has 0 aliphatic heterocycles. The molecule has 1 N–H and O–H groups in total. The zero-order valence-electron chi connectivity index (χ0n) is 7.44. The molecule has 1 aromatic heterocycles. The summed E-state index contributed by atoms with van der Waals surface area (Å²) < 4.78 is 14.2. The molecule has 0 aliphatic rings. The summed E-state index contributed by atoms with van der Waals surface area (Å²) in [4.78, 5) is 21.9. The first-order chi connectivity index (χ1) is 7.09. The summed E-state index contributed by atoms with van der Waals surface area (Å²) in [7, 11) is 0. The zero-order valence-corrected chi connectivity index (χ0v) is 8.25. The van der Waals surface area contributed by atoms with Crippen LogP contribution in [0.25, 0.3) is 10.9 Å². The quantitative estimate of drug-likeness (QED) is 0.840. The van der Waals surface area contributed by atoms with Crippen molar-refractivity contribution in [2.75, 3.05) is 0 Å². The van der Waals surface area contributed by atoms with Gasteiger partial charge in [-0.2, -0.15) is 0 Å². The lowest BCUT2D eigenvalue weighted by molar-refractivity contribution is -0.137. The van der Waals surface area contributed by atoms with Crippen molar-refractivity contribution in [1.82, 2.24) is 3.96 Å². The second-order valence-corrected chi connectivity index (χ2v) is 3.94. The van der Waals surface area contributed by atoms with E-state index in [0.29, 0.717) is 11.5 Å². The number of nitrogens with zero attached hydrogens (tertiary/aromatic N) is 1. The fourth-order valence-corrected chi connectivity index (χ4v) is 2.28. The van der Waals surface area contributed by atoms with E-state index in [1.54, 1.807) is 0 Å². The lowest BCUT2D eigenvalue weighted by Gasteiger charge is -1.99. The van der Waals surface area contributed by atoms with Crippen molar-refractivity contribution in [3.05, 3.63) is 33.6 Å². The predicted molar refractivity (Wildman–Crippen MR) is 53.7 cm³/mol. The monoisotopic (exact) mass is 227 g/mol. The second-order valence-electron chi connectivity index (χ2n) is 2.95. The summed E-state index contributed by atoms with van der Waals surface area (Å²) in [6, 6.07) is 4.11. The molecular weight excluding hydrogens is 221 g/mol. The number of fused-ring (bicyclic) bond motifs is 1. The SMILES string of the molecule is O=C(O)Cn1sc(=O)c2cccc(F)c21. The summed E-state index contributed by atoms with van der Waals surface area (Å²) in [5, 5.41) is 8.81. The number of aliphatic carboxylic acids is 1. The second kappa shape index (κ2) is 3.47. The molecule has 6 heteroatoms. The van der Waals surface area contributed by atoms with Crippen LogP contribution in [0.4, 0.5) is 4.39 Å². The van der Waals surface area contributed by atoms with Gasteiger partial charge in [-0.05, 0) is 23.7 Å². The first-order valence-electron chi connectivity index (χ1n) is 4.09. The van der Waals surface area contributed by atoms with Crippen molar-refractivity contribution >= 4 is 28.4 Å². The Bertz CT molecular complexity index is 587. The van der Waals surface area contributed by atoms with Crippen LogP contribution in [0, 0.1) is 5.82 Å². The Balaban J connectivity index is 2.75. The molecule has 0 spiro atoms. The summed E-state index contributed by atoms with van der Waals surface area (Å²) >= 11 is 0.710. The van der Waals surface area contributed by atoms with Gasteiger partial charge in [0.15, 0.2) is 0 Å². The molecule has 0 fully saturated rings. The van der Waals surface area contributed by atoms with Crippen LogP contribution >= 0.6 is 11.5 Å². The molecular formula is C9H6FNO3S. The van der Waals surface area contributed by atoms with E-state index in [4.69, 9.17) is 5.11 Å².